The van der Waals surface area contributed by atoms with Crippen molar-refractivity contribution in [2.24, 2.45) is 0 Å². The number of aromatic nitrogens is 3. The monoisotopic (exact) mass is 445 g/mol. The lowest BCUT2D eigenvalue weighted by atomic mass is 10.0. The molecule has 2 aromatic heterocycles. The molecule has 1 aliphatic rings. The van der Waals surface area contributed by atoms with Crippen molar-refractivity contribution in [1.82, 2.24) is 19.2 Å². The number of para-hydroxylation sites is 2. The zero-order valence-electron chi connectivity index (χ0n) is 19.2. The van der Waals surface area contributed by atoms with Crippen LogP contribution >= 0.6 is 0 Å². The molecule has 1 aliphatic heterocycles. The van der Waals surface area contributed by atoms with Gasteiger partial charge in [0.2, 0.25) is 5.91 Å². The highest BCUT2D eigenvalue weighted by molar-refractivity contribution is 5.93. The van der Waals surface area contributed by atoms with Gasteiger partial charge in [0.1, 0.15) is 18.0 Å². The first-order valence-electron chi connectivity index (χ1n) is 11.4. The number of benzene rings is 2. The van der Waals surface area contributed by atoms with E-state index >= 15 is 0 Å². The molecule has 6 nitrogen and oxygen atoms in total. The molecule has 1 amide bonds. The molecule has 33 heavy (non-hydrogen) atoms. The fraction of sp³-hybridized carbons (Fsp3) is 0.308. The first-order valence-corrected chi connectivity index (χ1v) is 11.4. The van der Waals surface area contributed by atoms with E-state index < -0.39 is 0 Å². The molecular weight excluding hydrogens is 417 g/mol. The molecule has 0 spiro atoms. The lowest BCUT2D eigenvalue weighted by Gasteiger charge is -2.31. The number of halogens is 1. The zero-order valence-corrected chi connectivity index (χ0v) is 19.2. The number of hydrogen-bond donors (Lipinski definition) is 1. The molecule has 0 saturated carbocycles. The van der Waals surface area contributed by atoms with Crippen molar-refractivity contribution in [2.75, 3.05) is 11.9 Å². The summed E-state index contributed by atoms with van der Waals surface area (Å²) in [6.07, 6.45) is 2.49. The summed E-state index contributed by atoms with van der Waals surface area (Å²) in [6, 6.07) is 15.3. The van der Waals surface area contributed by atoms with E-state index in [9.17, 15) is 9.18 Å². The number of nitrogens with zero attached hydrogens (tertiary/aromatic N) is 4. The molecule has 0 radical (unpaired) electrons. The molecule has 2 aromatic carbocycles. The van der Waals surface area contributed by atoms with Crippen LogP contribution in [-0.4, -0.2) is 37.7 Å². The van der Waals surface area contributed by atoms with Crippen LogP contribution in [0.2, 0.25) is 0 Å². The van der Waals surface area contributed by atoms with Crippen molar-refractivity contribution in [1.29, 1.82) is 0 Å². The minimum Gasteiger partial charge on any atom is -0.335 e. The van der Waals surface area contributed by atoms with Crippen LogP contribution in [-0.2, 0) is 24.3 Å². The van der Waals surface area contributed by atoms with Gasteiger partial charge in [0, 0.05) is 42.1 Å². The molecule has 3 heterocycles. The van der Waals surface area contributed by atoms with Gasteiger partial charge in [-0.3, -0.25) is 9.69 Å². The van der Waals surface area contributed by atoms with E-state index in [2.05, 4.69) is 51.9 Å². The highest BCUT2D eigenvalue weighted by atomic mass is 19.1. The lowest BCUT2D eigenvalue weighted by molar-refractivity contribution is -0.116. The Morgan fingerprint density at radius 3 is 2.70 bits per heavy atom. The van der Waals surface area contributed by atoms with E-state index in [-0.39, 0.29) is 18.3 Å². The molecular formula is C26H28FN5O. The Bertz CT molecular complexity index is 1340. The summed E-state index contributed by atoms with van der Waals surface area (Å²) < 4.78 is 17.9. The van der Waals surface area contributed by atoms with E-state index in [0.717, 1.165) is 25.0 Å². The SMILES string of the molecule is Cc1c(NC(=O)Cn2c3c(c4ccccc42)CN(C(C)C)CC3)cnn1-c1ccccc1F. The number of hydrogen-bond acceptors (Lipinski definition) is 3. The predicted molar refractivity (Wildman–Crippen MR) is 128 cm³/mol. The number of rotatable bonds is 5. The smallest absolute Gasteiger partial charge is 0.244 e. The summed E-state index contributed by atoms with van der Waals surface area (Å²) in [5, 5.41) is 8.49. The van der Waals surface area contributed by atoms with E-state index in [1.54, 1.807) is 24.4 Å². The number of carbonyl (C=O) groups excluding carboxylic acids is 1. The number of amides is 1. The first-order chi connectivity index (χ1) is 15.9. The first kappa shape index (κ1) is 21.4. The maximum Gasteiger partial charge on any atom is 0.244 e. The normalized spacial score (nSPS) is 14.1. The van der Waals surface area contributed by atoms with Crippen LogP contribution in [0, 0.1) is 12.7 Å². The molecule has 0 atom stereocenters. The van der Waals surface area contributed by atoms with Gasteiger partial charge >= 0.3 is 0 Å². The van der Waals surface area contributed by atoms with Crippen molar-refractivity contribution in [3.63, 3.8) is 0 Å². The number of fused-ring (bicyclic) bond motifs is 3. The summed E-state index contributed by atoms with van der Waals surface area (Å²) in [7, 11) is 0. The molecule has 0 saturated heterocycles. The zero-order chi connectivity index (χ0) is 23.1. The Morgan fingerprint density at radius 2 is 1.91 bits per heavy atom. The van der Waals surface area contributed by atoms with E-state index in [1.165, 1.54) is 27.4 Å². The third kappa shape index (κ3) is 3.82. The average molecular weight is 446 g/mol. The van der Waals surface area contributed by atoms with Gasteiger partial charge in [0.05, 0.1) is 17.6 Å². The van der Waals surface area contributed by atoms with E-state index in [4.69, 9.17) is 0 Å². The average Bonchev–Trinajstić information content (AvgIpc) is 3.32. The van der Waals surface area contributed by atoms with Crippen molar-refractivity contribution >= 4 is 22.5 Å². The molecule has 0 unspecified atom stereocenters. The molecule has 5 rings (SSSR count). The fourth-order valence-electron chi connectivity index (χ4n) is 4.78. The van der Waals surface area contributed by atoms with Gasteiger partial charge in [-0.15, -0.1) is 0 Å². The van der Waals surface area contributed by atoms with Gasteiger partial charge in [0.15, 0.2) is 0 Å². The van der Waals surface area contributed by atoms with Crippen molar-refractivity contribution in [3.8, 4) is 5.69 Å². The van der Waals surface area contributed by atoms with Crippen molar-refractivity contribution in [3.05, 3.63) is 77.5 Å². The Hall–Kier alpha value is -3.45. The van der Waals surface area contributed by atoms with Crippen molar-refractivity contribution < 1.29 is 9.18 Å². The van der Waals surface area contributed by atoms with Crippen LogP contribution in [0.25, 0.3) is 16.6 Å². The topological polar surface area (TPSA) is 55.1 Å². The summed E-state index contributed by atoms with van der Waals surface area (Å²) in [5.41, 5.74) is 5.27. The highest BCUT2D eigenvalue weighted by Gasteiger charge is 2.26. The second kappa shape index (κ2) is 8.48. The van der Waals surface area contributed by atoms with Gasteiger partial charge in [-0.05, 0) is 44.5 Å². The molecule has 1 N–H and O–H groups in total. The third-order valence-corrected chi connectivity index (χ3v) is 6.59. The predicted octanol–water partition coefficient (Wildman–Crippen LogP) is 4.68. The Labute approximate surface area is 192 Å². The standard InChI is InChI=1S/C26H28FN5O/c1-17(2)30-13-12-24-20(15-30)19-8-4-6-10-23(19)31(24)16-26(33)29-22-14-28-32(18(22)3)25-11-7-5-9-21(25)27/h4-11,14,17H,12-13,15-16H2,1-3H3,(H,29,33). The molecule has 170 valence electrons. The second-order valence-electron chi connectivity index (χ2n) is 8.90. The minimum absolute atomic E-state index is 0.124. The molecule has 0 bridgehead atoms. The number of nitrogens with one attached hydrogen (secondary N) is 1. The van der Waals surface area contributed by atoms with Crippen LogP contribution in [0.1, 0.15) is 30.8 Å². The van der Waals surface area contributed by atoms with Crippen LogP contribution < -0.4 is 5.32 Å². The molecule has 0 aliphatic carbocycles. The lowest BCUT2D eigenvalue weighted by Crippen LogP contribution is -2.36. The minimum atomic E-state index is -0.359. The maximum absolute atomic E-state index is 14.2. The van der Waals surface area contributed by atoms with Crippen LogP contribution in [0.15, 0.2) is 54.7 Å². The van der Waals surface area contributed by atoms with E-state index in [0.29, 0.717) is 23.1 Å². The Morgan fingerprint density at radius 1 is 1.15 bits per heavy atom. The van der Waals surface area contributed by atoms with Crippen LogP contribution in [0.5, 0.6) is 0 Å². The van der Waals surface area contributed by atoms with Crippen LogP contribution in [0.4, 0.5) is 10.1 Å². The maximum atomic E-state index is 14.2. The third-order valence-electron chi connectivity index (χ3n) is 6.59. The highest BCUT2D eigenvalue weighted by Crippen LogP contribution is 2.32. The fourth-order valence-corrected chi connectivity index (χ4v) is 4.78. The van der Waals surface area contributed by atoms with Gasteiger partial charge in [-0.2, -0.15) is 5.10 Å². The Kier molecular flexibility index (Phi) is 5.50. The van der Waals surface area contributed by atoms with Gasteiger partial charge in [-0.1, -0.05) is 30.3 Å². The Balaban J connectivity index is 1.42. The van der Waals surface area contributed by atoms with Gasteiger partial charge in [0.25, 0.3) is 0 Å². The summed E-state index contributed by atoms with van der Waals surface area (Å²) in [4.78, 5) is 15.6. The van der Waals surface area contributed by atoms with Crippen molar-refractivity contribution in [2.45, 2.75) is 46.3 Å². The molecule has 7 heteroatoms. The summed E-state index contributed by atoms with van der Waals surface area (Å²) in [5.74, 6) is -0.483. The van der Waals surface area contributed by atoms with Crippen LogP contribution in [0.3, 0.4) is 0 Å². The second-order valence-corrected chi connectivity index (χ2v) is 8.90. The summed E-state index contributed by atoms with van der Waals surface area (Å²) >= 11 is 0. The molecule has 4 aromatic rings. The number of anilines is 1. The summed E-state index contributed by atoms with van der Waals surface area (Å²) in [6.45, 7) is 8.38. The van der Waals surface area contributed by atoms with E-state index in [1.807, 2.05) is 13.0 Å². The largest absolute Gasteiger partial charge is 0.335 e. The van der Waals surface area contributed by atoms with Gasteiger partial charge in [-0.25, -0.2) is 9.07 Å². The van der Waals surface area contributed by atoms with Gasteiger partial charge < -0.3 is 9.88 Å². The molecule has 0 fully saturated rings. The quantitative estimate of drug-likeness (QED) is 0.485. The number of carbonyl (C=O) groups is 1.